The van der Waals surface area contributed by atoms with E-state index >= 15 is 0 Å². The van der Waals surface area contributed by atoms with Crippen molar-refractivity contribution in [2.45, 2.75) is 50.7 Å². The lowest BCUT2D eigenvalue weighted by Gasteiger charge is -2.18. The minimum absolute atomic E-state index is 0.0611. The van der Waals surface area contributed by atoms with Crippen LogP contribution in [0.3, 0.4) is 0 Å². The lowest BCUT2D eigenvalue weighted by molar-refractivity contribution is -0.569. The van der Waals surface area contributed by atoms with Gasteiger partial charge in [0.05, 0.1) is 7.11 Å². The average Bonchev–Trinajstić information content (AvgIpc) is 3.16. The molecule has 146 valence electrons. The molecule has 8 heteroatoms. The van der Waals surface area contributed by atoms with E-state index in [1.807, 2.05) is 30.3 Å². The number of hydrogen-bond acceptors (Lipinski definition) is 6. The molecule has 0 aromatic heterocycles. The van der Waals surface area contributed by atoms with Crippen molar-refractivity contribution in [2.75, 3.05) is 7.11 Å². The fourth-order valence-corrected chi connectivity index (χ4v) is 3.21. The third-order valence-electron chi connectivity index (χ3n) is 4.73. The summed E-state index contributed by atoms with van der Waals surface area (Å²) >= 11 is 0. The number of esters is 1. The van der Waals surface area contributed by atoms with E-state index in [1.165, 1.54) is 13.2 Å². The Morgan fingerprint density at radius 3 is 2.52 bits per heavy atom. The number of nitrogens with one attached hydrogen (secondary N) is 1. The van der Waals surface area contributed by atoms with Gasteiger partial charge in [0.1, 0.15) is 12.3 Å². The molecule has 1 aliphatic carbocycles. The third kappa shape index (κ3) is 5.80. The van der Waals surface area contributed by atoms with Crippen LogP contribution in [0.5, 0.6) is 0 Å². The van der Waals surface area contributed by atoms with E-state index in [9.17, 15) is 19.7 Å². The Morgan fingerprint density at radius 1 is 1.26 bits per heavy atom. The number of benzene rings is 1. The average molecular weight is 376 g/mol. The molecule has 0 spiro atoms. The molecule has 0 unspecified atom stereocenters. The van der Waals surface area contributed by atoms with Gasteiger partial charge in [-0.15, -0.1) is 0 Å². The molecule has 0 aliphatic heterocycles. The van der Waals surface area contributed by atoms with Crippen LogP contribution < -0.4 is 5.32 Å². The van der Waals surface area contributed by atoms with Gasteiger partial charge in [-0.2, -0.15) is 0 Å². The first kappa shape index (κ1) is 20.4. The molecule has 1 fully saturated rings. The quantitative estimate of drug-likeness (QED) is 0.323. The number of nitro groups is 1. The largest absolute Gasteiger partial charge is 0.464 e. The lowest BCUT2D eigenvalue weighted by atomic mass is 9.92. The predicted octanol–water partition coefficient (Wildman–Crippen LogP) is 3.34. The molecule has 1 aromatic rings. The summed E-state index contributed by atoms with van der Waals surface area (Å²) in [7, 11) is 1.20. The SMILES string of the molecule is COC(=O)/C(=C\CCC1([N+](=O)[O-])CCCC1)NC(=O)OCc1ccccc1. The Hall–Kier alpha value is -2.90. The third-order valence-corrected chi connectivity index (χ3v) is 4.73. The minimum atomic E-state index is -0.939. The van der Waals surface area contributed by atoms with Crippen LogP contribution in [0.15, 0.2) is 42.1 Å². The first-order valence-corrected chi connectivity index (χ1v) is 8.87. The maximum absolute atomic E-state index is 11.9. The van der Waals surface area contributed by atoms with E-state index < -0.39 is 17.6 Å². The number of nitrogens with zero attached hydrogens (tertiary/aromatic N) is 1. The van der Waals surface area contributed by atoms with Crippen molar-refractivity contribution in [3.8, 4) is 0 Å². The Bertz CT molecular complexity index is 695. The van der Waals surface area contributed by atoms with Crippen molar-refractivity contribution in [3.63, 3.8) is 0 Å². The van der Waals surface area contributed by atoms with Crippen molar-refractivity contribution in [1.82, 2.24) is 5.32 Å². The van der Waals surface area contributed by atoms with Crippen LogP contribution in [0.2, 0.25) is 0 Å². The van der Waals surface area contributed by atoms with E-state index in [1.54, 1.807) is 0 Å². The Balaban J connectivity index is 1.93. The highest BCUT2D eigenvalue weighted by Gasteiger charge is 2.44. The second kappa shape index (κ2) is 9.70. The maximum Gasteiger partial charge on any atom is 0.412 e. The Kier molecular flexibility index (Phi) is 7.34. The summed E-state index contributed by atoms with van der Waals surface area (Å²) in [6.45, 7) is 0.0611. The number of hydrogen-bond donors (Lipinski definition) is 1. The smallest absolute Gasteiger partial charge is 0.412 e. The zero-order chi connectivity index (χ0) is 19.7. The van der Waals surface area contributed by atoms with Gasteiger partial charge in [-0.1, -0.05) is 36.4 Å². The molecule has 1 saturated carbocycles. The second-order valence-corrected chi connectivity index (χ2v) is 6.52. The van der Waals surface area contributed by atoms with Crippen molar-refractivity contribution in [2.24, 2.45) is 0 Å². The monoisotopic (exact) mass is 376 g/mol. The molecule has 0 bridgehead atoms. The van der Waals surface area contributed by atoms with Crippen LogP contribution in [-0.4, -0.2) is 29.6 Å². The summed E-state index contributed by atoms with van der Waals surface area (Å²) in [5.74, 6) is -0.728. The lowest BCUT2D eigenvalue weighted by Crippen LogP contribution is -2.35. The number of allylic oxidation sites excluding steroid dienone is 1. The number of alkyl carbamates (subject to hydrolysis) is 1. The van der Waals surface area contributed by atoms with Crippen LogP contribution in [0.25, 0.3) is 0 Å². The molecule has 0 atom stereocenters. The highest BCUT2D eigenvalue weighted by Crippen LogP contribution is 2.36. The molecule has 1 amide bonds. The summed E-state index contributed by atoms with van der Waals surface area (Å²) < 4.78 is 9.74. The molecule has 1 aromatic carbocycles. The topological polar surface area (TPSA) is 108 Å². The summed E-state index contributed by atoms with van der Waals surface area (Å²) in [4.78, 5) is 35.0. The van der Waals surface area contributed by atoms with Crippen LogP contribution in [0.1, 0.15) is 44.1 Å². The molecule has 27 heavy (non-hydrogen) atoms. The summed E-state index contributed by atoms with van der Waals surface area (Å²) in [5, 5.41) is 13.8. The van der Waals surface area contributed by atoms with Crippen molar-refractivity contribution in [3.05, 3.63) is 57.8 Å². The van der Waals surface area contributed by atoms with E-state index in [0.29, 0.717) is 19.3 Å². The summed E-state index contributed by atoms with van der Waals surface area (Å²) in [5.41, 5.74) is -0.205. The summed E-state index contributed by atoms with van der Waals surface area (Å²) in [6, 6.07) is 9.12. The van der Waals surface area contributed by atoms with Crippen LogP contribution in [0, 0.1) is 10.1 Å². The van der Waals surface area contributed by atoms with E-state index in [2.05, 4.69) is 10.1 Å². The van der Waals surface area contributed by atoms with Crippen molar-refractivity contribution >= 4 is 12.1 Å². The number of ether oxygens (including phenoxy) is 2. The first-order chi connectivity index (χ1) is 13.0. The fourth-order valence-electron chi connectivity index (χ4n) is 3.21. The predicted molar refractivity (Wildman–Crippen MR) is 97.3 cm³/mol. The van der Waals surface area contributed by atoms with Gasteiger partial charge in [0.15, 0.2) is 0 Å². The zero-order valence-corrected chi connectivity index (χ0v) is 15.3. The molecule has 2 rings (SSSR count). The Labute approximate surface area is 157 Å². The summed E-state index contributed by atoms with van der Waals surface area (Å²) in [6.07, 6.45) is 3.99. The molecule has 1 aliphatic rings. The maximum atomic E-state index is 11.9. The highest BCUT2D eigenvalue weighted by atomic mass is 16.6. The van der Waals surface area contributed by atoms with Crippen molar-refractivity contribution in [1.29, 1.82) is 0 Å². The molecular weight excluding hydrogens is 352 g/mol. The molecule has 8 nitrogen and oxygen atoms in total. The van der Waals surface area contributed by atoms with Gasteiger partial charge in [-0.05, 0) is 24.8 Å². The van der Waals surface area contributed by atoms with Gasteiger partial charge in [-0.25, -0.2) is 9.59 Å². The number of amides is 1. The molecule has 0 radical (unpaired) electrons. The molecular formula is C19H24N2O6. The number of carbonyl (C=O) groups is 2. The van der Waals surface area contributed by atoms with Gasteiger partial charge in [-0.3, -0.25) is 15.4 Å². The molecule has 1 N–H and O–H groups in total. The van der Waals surface area contributed by atoms with Gasteiger partial charge >= 0.3 is 12.1 Å². The standard InChI is InChI=1S/C19H24N2O6/c1-26-17(22)16(10-7-13-19(21(24)25)11-5-6-12-19)20-18(23)27-14-15-8-3-2-4-9-15/h2-4,8-10H,5-7,11-14H2,1H3,(H,20,23)/b16-10+. The molecule has 0 heterocycles. The second-order valence-electron chi connectivity index (χ2n) is 6.52. The highest BCUT2D eigenvalue weighted by molar-refractivity contribution is 5.92. The first-order valence-electron chi connectivity index (χ1n) is 8.87. The number of methoxy groups -OCH3 is 1. The zero-order valence-electron chi connectivity index (χ0n) is 15.3. The van der Waals surface area contributed by atoms with E-state index in [4.69, 9.17) is 4.74 Å². The van der Waals surface area contributed by atoms with Crippen LogP contribution >= 0.6 is 0 Å². The van der Waals surface area contributed by atoms with Gasteiger partial charge < -0.3 is 9.47 Å². The normalized spacial score (nSPS) is 15.8. The van der Waals surface area contributed by atoms with E-state index in [-0.39, 0.29) is 23.6 Å². The Morgan fingerprint density at radius 2 is 1.93 bits per heavy atom. The minimum Gasteiger partial charge on any atom is -0.464 e. The molecule has 0 saturated heterocycles. The van der Waals surface area contributed by atoms with Gasteiger partial charge in [0, 0.05) is 24.2 Å². The van der Waals surface area contributed by atoms with Crippen LogP contribution in [0.4, 0.5) is 4.79 Å². The van der Waals surface area contributed by atoms with Gasteiger partial charge in [0.25, 0.3) is 0 Å². The van der Waals surface area contributed by atoms with Crippen LogP contribution in [-0.2, 0) is 20.9 Å². The van der Waals surface area contributed by atoms with E-state index in [0.717, 1.165) is 18.4 Å². The van der Waals surface area contributed by atoms with Gasteiger partial charge in [0.2, 0.25) is 5.54 Å². The fraction of sp³-hybridized carbons (Fsp3) is 0.474. The number of rotatable bonds is 8. The number of carbonyl (C=O) groups excluding carboxylic acids is 2. The van der Waals surface area contributed by atoms with Crippen molar-refractivity contribution < 1.29 is 24.0 Å².